The monoisotopic (exact) mass is 211 g/mol. The fourth-order valence-corrected chi connectivity index (χ4v) is 1.53. The van der Waals surface area contributed by atoms with Gasteiger partial charge < -0.3 is 10.4 Å². The summed E-state index contributed by atoms with van der Waals surface area (Å²) in [6.07, 6.45) is 6.69. The topological polar surface area (TPSA) is 66.4 Å². The van der Waals surface area contributed by atoms with Crippen LogP contribution in [-0.4, -0.2) is 23.5 Å². The van der Waals surface area contributed by atoms with Crippen molar-refractivity contribution in [3.8, 4) is 0 Å². The quantitative estimate of drug-likeness (QED) is 0.671. The lowest BCUT2D eigenvalue weighted by Gasteiger charge is -2.10. The Hall–Kier alpha value is -1.32. The fraction of sp³-hybridized carbons (Fsp3) is 0.636. The summed E-state index contributed by atoms with van der Waals surface area (Å²) < 4.78 is 0. The second kappa shape index (κ2) is 5.53. The number of hydrogen-bond donors (Lipinski definition) is 2. The minimum atomic E-state index is -0.879. The summed E-state index contributed by atoms with van der Waals surface area (Å²) in [5.74, 6) is -1.12. The van der Waals surface area contributed by atoms with E-state index in [0.717, 1.165) is 12.8 Å². The minimum Gasteiger partial charge on any atom is -0.481 e. The number of carbonyl (C=O) groups is 2. The van der Waals surface area contributed by atoms with Gasteiger partial charge in [-0.2, -0.15) is 0 Å². The molecule has 2 unspecified atom stereocenters. The highest BCUT2D eigenvalue weighted by Crippen LogP contribution is 2.19. The van der Waals surface area contributed by atoms with E-state index in [2.05, 4.69) is 17.5 Å². The third-order valence-electron chi connectivity index (χ3n) is 2.59. The van der Waals surface area contributed by atoms with E-state index in [0.29, 0.717) is 12.3 Å². The van der Waals surface area contributed by atoms with E-state index in [4.69, 9.17) is 5.11 Å². The van der Waals surface area contributed by atoms with Gasteiger partial charge in [0.2, 0.25) is 5.91 Å². The Kier molecular flexibility index (Phi) is 4.34. The molecule has 0 bridgehead atoms. The molecule has 1 aliphatic rings. The Morgan fingerprint density at radius 1 is 1.60 bits per heavy atom. The summed E-state index contributed by atoms with van der Waals surface area (Å²) >= 11 is 0. The third kappa shape index (κ3) is 4.14. The highest BCUT2D eigenvalue weighted by atomic mass is 16.4. The van der Waals surface area contributed by atoms with Crippen LogP contribution in [0, 0.1) is 11.8 Å². The first-order valence-electron chi connectivity index (χ1n) is 5.25. The fourth-order valence-electron chi connectivity index (χ4n) is 1.53. The number of nitrogens with one attached hydrogen (secondary N) is 1. The lowest BCUT2D eigenvalue weighted by atomic mass is 10.0. The van der Waals surface area contributed by atoms with Crippen LogP contribution in [0.15, 0.2) is 12.2 Å². The number of hydrogen-bond acceptors (Lipinski definition) is 2. The van der Waals surface area contributed by atoms with E-state index in [9.17, 15) is 9.59 Å². The van der Waals surface area contributed by atoms with Crippen LogP contribution in [-0.2, 0) is 9.59 Å². The van der Waals surface area contributed by atoms with Gasteiger partial charge in [0.15, 0.2) is 0 Å². The molecule has 1 amide bonds. The van der Waals surface area contributed by atoms with Gasteiger partial charge in [0.1, 0.15) is 0 Å². The standard InChI is InChI=1S/C11H17NO3/c1-8(11(14)15)7-12-10(13)6-9-4-2-3-5-9/h2,4,8-9H,3,5-7H2,1H3,(H,12,13)(H,14,15). The predicted molar refractivity (Wildman–Crippen MR) is 56.3 cm³/mol. The Morgan fingerprint density at radius 2 is 2.33 bits per heavy atom. The summed E-state index contributed by atoms with van der Waals surface area (Å²) in [5.41, 5.74) is 0. The van der Waals surface area contributed by atoms with Gasteiger partial charge in [-0.1, -0.05) is 19.1 Å². The van der Waals surface area contributed by atoms with Gasteiger partial charge in [-0.15, -0.1) is 0 Å². The molecule has 0 aliphatic heterocycles. The number of rotatable bonds is 5. The van der Waals surface area contributed by atoms with Crippen molar-refractivity contribution in [2.75, 3.05) is 6.54 Å². The van der Waals surface area contributed by atoms with Crippen LogP contribution in [0.25, 0.3) is 0 Å². The maximum atomic E-state index is 11.4. The molecule has 0 radical (unpaired) electrons. The Bertz CT molecular complexity index is 273. The van der Waals surface area contributed by atoms with E-state index < -0.39 is 11.9 Å². The summed E-state index contributed by atoms with van der Waals surface area (Å²) in [7, 11) is 0. The largest absolute Gasteiger partial charge is 0.481 e. The van der Waals surface area contributed by atoms with Gasteiger partial charge in [-0.25, -0.2) is 0 Å². The highest BCUT2D eigenvalue weighted by molar-refractivity contribution is 5.77. The molecule has 0 aromatic carbocycles. The zero-order valence-corrected chi connectivity index (χ0v) is 8.90. The van der Waals surface area contributed by atoms with E-state index >= 15 is 0 Å². The Labute approximate surface area is 89.4 Å². The molecule has 0 aromatic rings. The lowest BCUT2D eigenvalue weighted by molar-refractivity contribution is -0.141. The highest BCUT2D eigenvalue weighted by Gasteiger charge is 2.16. The summed E-state index contributed by atoms with van der Waals surface area (Å²) in [4.78, 5) is 21.9. The van der Waals surface area contributed by atoms with Crippen LogP contribution in [0.4, 0.5) is 0 Å². The molecule has 2 atom stereocenters. The first-order valence-corrected chi connectivity index (χ1v) is 5.25. The van der Waals surface area contributed by atoms with Crippen molar-refractivity contribution in [3.05, 3.63) is 12.2 Å². The van der Waals surface area contributed by atoms with E-state index in [1.54, 1.807) is 6.92 Å². The van der Waals surface area contributed by atoms with Crippen molar-refractivity contribution in [3.63, 3.8) is 0 Å². The molecular formula is C11H17NO3. The first-order chi connectivity index (χ1) is 7.09. The summed E-state index contributed by atoms with van der Waals surface area (Å²) in [6, 6.07) is 0. The average Bonchev–Trinajstić information content (AvgIpc) is 2.66. The van der Waals surface area contributed by atoms with Gasteiger partial charge in [0, 0.05) is 13.0 Å². The molecule has 2 N–H and O–H groups in total. The molecule has 4 heteroatoms. The van der Waals surface area contributed by atoms with Crippen LogP contribution in [0.5, 0.6) is 0 Å². The zero-order valence-electron chi connectivity index (χ0n) is 8.90. The minimum absolute atomic E-state index is 0.0559. The van der Waals surface area contributed by atoms with Crippen LogP contribution >= 0.6 is 0 Å². The van der Waals surface area contributed by atoms with E-state index in [1.807, 2.05) is 0 Å². The van der Waals surface area contributed by atoms with Gasteiger partial charge in [-0.3, -0.25) is 9.59 Å². The predicted octanol–water partition coefficient (Wildman–Crippen LogP) is 1.18. The molecule has 0 saturated heterocycles. The maximum absolute atomic E-state index is 11.4. The van der Waals surface area contributed by atoms with Gasteiger partial charge in [-0.05, 0) is 18.8 Å². The molecule has 4 nitrogen and oxygen atoms in total. The van der Waals surface area contributed by atoms with E-state index in [-0.39, 0.29) is 12.5 Å². The normalized spacial score (nSPS) is 21.3. The number of carboxylic acids is 1. The van der Waals surface area contributed by atoms with Crippen LogP contribution < -0.4 is 5.32 Å². The smallest absolute Gasteiger partial charge is 0.308 e. The molecule has 1 rings (SSSR count). The van der Waals surface area contributed by atoms with Crippen molar-refractivity contribution < 1.29 is 14.7 Å². The van der Waals surface area contributed by atoms with Gasteiger partial charge in [0.25, 0.3) is 0 Å². The van der Waals surface area contributed by atoms with Crippen molar-refractivity contribution in [2.24, 2.45) is 11.8 Å². The second-order valence-electron chi connectivity index (χ2n) is 4.01. The molecule has 0 heterocycles. The van der Waals surface area contributed by atoms with Crippen molar-refractivity contribution in [1.82, 2.24) is 5.32 Å². The third-order valence-corrected chi connectivity index (χ3v) is 2.59. The van der Waals surface area contributed by atoms with Crippen molar-refractivity contribution in [1.29, 1.82) is 0 Å². The average molecular weight is 211 g/mol. The maximum Gasteiger partial charge on any atom is 0.308 e. The molecule has 15 heavy (non-hydrogen) atoms. The second-order valence-corrected chi connectivity index (χ2v) is 4.01. The molecule has 84 valence electrons. The molecular weight excluding hydrogens is 194 g/mol. The van der Waals surface area contributed by atoms with E-state index in [1.165, 1.54) is 0 Å². The number of carboxylic acid groups (broad SMARTS) is 1. The molecule has 0 spiro atoms. The SMILES string of the molecule is CC(CNC(=O)CC1C=CCC1)C(=O)O. The number of aliphatic carboxylic acids is 1. The summed E-state index contributed by atoms with van der Waals surface area (Å²) in [5, 5.41) is 11.3. The van der Waals surface area contributed by atoms with Gasteiger partial charge >= 0.3 is 5.97 Å². The van der Waals surface area contributed by atoms with Crippen molar-refractivity contribution in [2.45, 2.75) is 26.2 Å². The van der Waals surface area contributed by atoms with Crippen LogP contribution in [0.3, 0.4) is 0 Å². The molecule has 0 fully saturated rings. The van der Waals surface area contributed by atoms with Crippen LogP contribution in [0.1, 0.15) is 26.2 Å². The molecule has 0 aromatic heterocycles. The van der Waals surface area contributed by atoms with Crippen LogP contribution in [0.2, 0.25) is 0 Å². The molecule has 0 saturated carbocycles. The van der Waals surface area contributed by atoms with Gasteiger partial charge in [0.05, 0.1) is 5.92 Å². The Morgan fingerprint density at radius 3 is 2.87 bits per heavy atom. The van der Waals surface area contributed by atoms with Crippen molar-refractivity contribution >= 4 is 11.9 Å². The number of allylic oxidation sites excluding steroid dienone is 2. The summed E-state index contributed by atoms with van der Waals surface area (Å²) in [6.45, 7) is 1.79. The molecule has 1 aliphatic carbocycles. The Balaban J connectivity index is 2.18. The zero-order chi connectivity index (χ0) is 11.3. The lowest BCUT2D eigenvalue weighted by Crippen LogP contribution is -2.32. The number of amides is 1. The number of carbonyl (C=O) groups excluding carboxylic acids is 1. The first kappa shape index (κ1) is 11.8.